The van der Waals surface area contributed by atoms with E-state index < -0.39 is 35.8 Å². The summed E-state index contributed by atoms with van der Waals surface area (Å²) in [6.07, 6.45) is 3.22. The van der Waals surface area contributed by atoms with Gasteiger partial charge in [0, 0.05) is 0 Å². The molecule has 0 atom stereocenters. The molecule has 42 heavy (non-hydrogen) atoms. The van der Waals surface area contributed by atoms with E-state index in [1.807, 2.05) is 0 Å². The van der Waals surface area contributed by atoms with E-state index in [4.69, 9.17) is 28.4 Å². The molecule has 0 radical (unpaired) electrons. The molecule has 0 spiro atoms. The first-order valence-corrected chi connectivity index (χ1v) is 15.9. The quantitative estimate of drug-likeness (QED) is 0.265. The molecule has 0 aromatic carbocycles. The summed E-state index contributed by atoms with van der Waals surface area (Å²) in [6, 6.07) is 0. The summed E-state index contributed by atoms with van der Waals surface area (Å²) in [5.74, 6) is -4.50. The van der Waals surface area contributed by atoms with Gasteiger partial charge in [-0.15, -0.1) is 0 Å². The van der Waals surface area contributed by atoms with Crippen LogP contribution in [-0.4, -0.2) is 78.5 Å². The van der Waals surface area contributed by atoms with Crippen LogP contribution in [0, 0.1) is 0 Å². The van der Waals surface area contributed by atoms with Gasteiger partial charge in [-0.05, 0) is 17.7 Å². The van der Waals surface area contributed by atoms with Gasteiger partial charge in [0.25, 0.3) is 0 Å². The van der Waals surface area contributed by atoms with Gasteiger partial charge in [0.1, 0.15) is 29.4 Å². The van der Waals surface area contributed by atoms with Crippen LogP contribution >= 0.6 is 70.6 Å². The molecule has 3 heterocycles. The summed E-state index contributed by atoms with van der Waals surface area (Å²) in [4.78, 5) is 74.5. The SMILES string of the molecule is COC(=O)C1=C(C(=O)OC)SC(=CC(C=C2SC(C(=O)OC)=C(C(=O)OC)S2)=C2SC(C(=O)OC)=C(C(=O)OC)S2)S1. The summed E-state index contributed by atoms with van der Waals surface area (Å²) >= 11 is 5.72. The second-order valence-electron chi connectivity index (χ2n) is 7.21. The average Bonchev–Trinajstić information content (AvgIpc) is 3.75. The van der Waals surface area contributed by atoms with Crippen molar-refractivity contribution in [3.05, 3.63) is 59.9 Å². The Morgan fingerprint density at radius 2 is 0.619 bits per heavy atom. The zero-order chi connectivity index (χ0) is 31.1. The maximum Gasteiger partial charge on any atom is 0.346 e. The Morgan fingerprint density at radius 1 is 0.405 bits per heavy atom. The van der Waals surface area contributed by atoms with Crippen LogP contribution in [0.1, 0.15) is 0 Å². The molecule has 0 N–H and O–H groups in total. The second kappa shape index (κ2) is 15.2. The normalized spacial score (nSPS) is 16.4. The van der Waals surface area contributed by atoms with Crippen LogP contribution < -0.4 is 0 Å². The lowest BCUT2D eigenvalue weighted by molar-refractivity contribution is -0.138. The first-order valence-electron chi connectivity index (χ1n) is 11.0. The van der Waals surface area contributed by atoms with E-state index in [9.17, 15) is 28.8 Å². The molecule has 0 aliphatic carbocycles. The average molecular weight is 693 g/mol. The number of carbonyl (C=O) groups excluding carboxylic acids is 6. The number of rotatable bonds is 8. The smallest absolute Gasteiger partial charge is 0.346 e. The molecule has 3 rings (SSSR count). The Labute approximate surface area is 264 Å². The fourth-order valence-corrected chi connectivity index (χ4v) is 10.1. The summed E-state index contributed by atoms with van der Waals surface area (Å²) in [6.45, 7) is 0. The van der Waals surface area contributed by atoms with Crippen molar-refractivity contribution >= 4 is 106 Å². The van der Waals surface area contributed by atoms with Crippen LogP contribution in [-0.2, 0) is 57.2 Å². The third kappa shape index (κ3) is 7.46. The Hall–Kier alpha value is -2.64. The van der Waals surface area contributed by atoms with Gasteiger partial charge in [0.2, 0.25) is 0 Å². The molecule has 3 aliphatic rings. The van der Waals surface area contributed by atoms with Gasteiger partial charge in [-0.25, -0.2) is 28.8 Å². The van der Waals surface area contributed by atoms with Crippen molar-refractivity contribution in [1.82, 2.24) is 0 Å². The zero-order valence-corrected chi connectivity index (χ0v) is 27.4. The number of methoxy groups -OCH3 is 6. The molecule has 0 aromatic heterocycles. The van der Waals surface area contributed by atoms with Crippen molar-refractivity contribution in [2.75, 3.05) is 42.7 Å². The Kier molecular flexibility index (Phi) is 12.2. The Balaban J connectivity index is 2.14. The number of thioether (sulfide) groups is 6. The molecule has 0 bridgehead atoms. The predicted molar refractivity (Wildman–Crippen MR) is 162 cm³/mol. The topological polar surface area (TPSA) is 158 Å². The van der Waals surface area contributed by atoms with Crippen molar-refractivity contribution < 1.29 is 57.2 Å². The van der Waals surface area contributed by atoms with E-state index in [2.05, 4.69) is 0 Å². The number of ether oxygens (including phenoxy) is 6. The maximum atomic E-state index is 12.5. The van der Waals surface area contributed by atoms with Gasteiger partial charge in [0.15, 0.2) is 0 Å². The molecular formula is C24H20O12S6. The second-order valence-corrected chi connectivity index (χ2v) is 14.2. The van der Waals surface area contributed by atoms with E-state index in [1.54, 1.807) is 12.2 Å². The number of hydrogen-bond donors (Lipinski definition) is 0. The van der Waals surface area contributed by atoms with E-state index in [-0.39, 0.29) is 29.4 Å². The van der Waals surface area contributed by atoms with Crippen molar-refractivity contribution in [2.24, 2.45) is 0 Å². The van der Waals surface area contributed by atoms with Gasteiger partial charge in [-0.3, -0.25) is 0 Å². The van der Waals surface area contributed by atoms with Crippen LogP contribution in [0.25, 0.3) is 0 Å². The highest BCUT2D eigenvalue weighted by Crippen LogP contribution is 2.56. The minimum atomic E-state index is -0.762. The third-order valence-electron chi connectivity index (χ3n) is 4.83. The minimum absolute atomic E-state index is 0.00986. The third-order valence-corrected chi connectivity index (χ3v) is 12.3. The molecular weight excluding hydrogens is 673 g/mol. The van der Waals surface area contributed by atoms with Gasteiger partial charge < -0.3 is 28.4 Å². The molecule has 0 fully saturated rings. The standard InChI is InChI=1S/C24H20O12S6/c1-31-18(25)12-13(19(26)32-2)38-10(37-12)7-9(24-41-16(22(29)35-5)17(42-24)23(30)36-6)8-11-39-14(20(27)33-3)15(40-11)21(28)34-4/h7-8H,1-6H3. The van der Waals surface area contributed by atoms with Crippen LogP contribution in [0.15, 0.2) is 59.9 Å². The van der Waals surface area contributed by atoms with E-state index in [1.165, 1.54) is 42.7 Å². The molecule has 0 saturated carbocycles. The van der Waals surface area contributed by atoms with E-state index in [0.717, 1.165) is 70.6 Å². The molecule has 3 aliphatic heterocycles. The largest absolute Gasteiger partial charge is 0.465 e. The molecule has 224 valence electrons. The lowest BCUT2D eigenvalue weighted by atomic mass is 10.3. The van der Waals surface area contributed by atoms with Gasteiger partial charge in [-0.1, -0.05) is 70.6 Å². The van der Waals surface area contributed by atoms with E-state index in [0.29, 0.717) is 18.3 Å². The van der Waals surface area contributed by atoms with Crippen LogP contribution in [0.2, 0.25) is 0 Å². The fourth-order valence-electron chi connectivity index (χ4n) is 2.94. The lowest BCUT2D eigenvalue weighted by Crippen LogP contribution is -2.08. The summed E-state index contributed by atoms with van der Waals surface area (Å²) in [7, 11) is 7.04. The molecule has 0 aromatic rings. The molecule has 12 nitrogen and oxygen atoms in total. The number of carbonyl (C=O) groups is 6. The van der Waals surface area contributed by atoms with Gasteiger partial charge in [0.05, 0.1) is 55.4 Å². The highest BCUT2D eigenvalue weighted by molar-refractivity contribution is 8.30. The molecule has 18 heteroatoms. The minimum Gasteiger partial charge on any atom is -0.465 e. The van der Waals surface area contributed by atoms with Gasteiger partial charge >= 0.3 is 35.8 Å². The maximum absolute atomic E-state index is 12.5. The summed E-state index contributed by atoms with van der Waals surface area (Å²) < 4.78 is 30.2. The molecule has 0 saturated heterocycles. The zero-order valence-electron chi connectivity index (χ0n) is 22.5. The highest BCUT2D eigenvalue weighted by Gasteiger charge is 2.37. The molecule has 0 amide bonds. The number of esters is 6. The monoisotopic (exact) mass is 692 g/mol. The molecule has 0 unspecified atom stereocenters. The van der Waals surface area contributed by atoms with Crippen molar-refractivity contribution in [1.29, 1.82) is 0 Å². The van der Waals surface area contributed by atoms with Crippen LogP contribution in [0.3, 0.4) is 0 Å². The Morgan fingerprint density at radius 3 is 0.833 bits per heavy atom. The van der Waals surface area contributed by atoms with Crippen molar-refractivity contribution in [3.8, 4) is 0 Å². The summed E-state index contributed by atoms with van der Waals surface area (Å²) in [5.41, 5.74) is 0.404. The fraction of sp³-hybridized carbons (Fsp3) is 0.250. The Bertz CT molecular complexity index is 1280. The van der Waals surface area contributed by atoms with Crippen LogP contribution in [0.4, 0.5) is 0 Å². The van der Waals surface area contributed by atoms with Gasteiger partial charge in [-0.2, -0.15) is 0 Å². The van der Waals surface area contributed by atoms with E-state index >= 15 is 0 Å². The first kappa shape index (κ1) is 33.9. The lowest BCUT2D eigenvalue weighted by Gasteiger charge is -2.06. The first-order chi connectivity index (χ1) is 20.0. The highest BCUT2D eigenvalue weighted by atomic mass is 32.2. The van der Waals surface area contributed by atoms with Crippen molar-refractivity contribution in [3.63, 3.8) is 0 Å². The number of allylic oxidation sites excluding steroid dienone is 3. The number of hydrogen-bond acceptors (Lipinski definition) is 18. The van der Waals surface area contributed by atoms with Crippen LogP contribution in [0.5, 0.6) is 0 Å². The summed E-state index contributed by atoms with van der Waals surface area (Å²) in [5, 5.41) is 0. The van der Waals surface area contributed by atoms with Crippen molar-refractivity contribution in [2.45, 2.75) is 0 Å². The predicted octanol–water partition coefficient (Wildman–Crippen LogP) is 3.99.